The second-order valence-electron chi connectivity index (χ2n) is 4.72. The molecule has 0 heterocycles. The SMILES string of the molecule is CCC(CC)(C(NN)c1ccccc1)N(C)C. The summed E-state index contributed by atoms with van der Waals surface area (Å²) in [7, 11) is 4.25. The molecule has 0 spiro atoms. The summed E-state index contributed by atoms with van der Waals surface area (Å²) in [5.74, 6) is 5.80. The Balaban J connectivity index is 3.14. The maximum Gasteiger partial charge on any atom is 0.0643 e. The molecule has 96 valence electrons. The van der Waals surface area contributed by atoms with Crippen LogP contribution in [0, 0.1) is 0 Å². The Kier molecular flexibility index (Phi) is 5.12. The van der Waals surface area contributed by atoms with Crippen LogP contribution in [0.15, 0.2) is 30.3 Å². The number of rotatable bonds is 6. The second kappa shape index (κ2) is 6.15. The fourth-order valence-electron chi connectivity index (χ4n) is 2.76. The molecule has 0 aliphatic carbocycles. The highest BCUT2D eigenvalue weighted by Gasteiger charge is 2.38. The number of nitrogens with two attached hydrogens (primary N) is 1. The van der Waals surface area contributed by atoms with Crippen molar-refractivity contribution in [3.63, 3.8) is 0 Å². The zero-order valence-electron chi connectivity index (χ0n) is 11.4. The van der Waals surface area contributed by atoms with Crippen LogP contribution >= 0.6 is 0 Å². The molecule has 3 N–H and O–H groups in total. The number of likely N-dealkylation sites (N-methyl/N-ethyl adjacent to an activating group) is 1. The highest BCUT2D eigenvalue weighted by atomic mass is 15.3. The zero-order chi connectivity index (χ0) is 12.9. The van der Waals surface area contributed by atoms with Crippen molar-refractivity contribution in [1.82, 2.24) is 10.3 Å². The Morgan fingerprint density at radius 3 is 2.06 bits per heavy atom. The van der Waals surface area contributed by atoms with Crippen LogP contribution in [0.25, 0.3) is 0 Å². The lowest BCUT2D eigenvalue weighted by Gasteiger charge is -2.45. The van der Waals surface area contributed by atoms with E-state index in [2.05, 4.69) is 62.5 Å². The first-order valence-electron chi connectivity index (χ1n) is 6.30. The van der Waals surface area contributed by atoms with Crippen molar-refractivity contribution < 1.29 is 0 Å². The van der Waals surface area contributed by atoms with Crippen molar-refractivity contribution in [2.75, 3.05) is 14.1 Å². The third-order valence-corrected chi connectivity index (χ3v) is 3.95. The van der Waals surface area contributed by atoms with Crippen LogP contribution < -0.4 is 11.3 Å². The van der Waals surface area contributed by atoms with Gasteiger partial charge >= 0.3 is 0 Å². The monoisotopic (exact) mass is 235 g/mol. The maximum atomic E-state index is 5.80. The second-order valence-corrected chi connectivity index (χ2v) is 4.72. The van der Waals surface area contributed by atoms with Crippen molar-refractivity contribution >= 4 is 0 Å². The fraction of sp³-hybridized carbons (Fsp3) is 0.571. The lowest BCUT2D eigenvalue weighted by Crippen LogP contribution is -2.54. The van der Waals surface area contributed by atoms with Crippen LogP contribution in [0.2, 0.25) is 0 Å². The molecule has 0 aliphatic heterocycles. The average molecular weight is 235 g/mol. The summed E-state index contributed by atoms with van der Waals surface area (Å²) in [5.41, 5.74) is 4.30. The number of nitrogens with zero attached hydrogens (tertiary/aromatic N) is 1. The molecule has 0 radical (unpaired) electrons. The van der Waals surface area contributed by atoms with E-state index in [0.717, 1.165) is 12.8 Å². The Morgan fingerprint density at radius 1 is 1.18 bits per heavy atom. The van der Waals surface area contributed by atoms with Gasteiger partial charge in [-0.3, -0.25) is 11.3 Å². The Hall–Kier alpha value is -0.900. The first-order valence-corrected chi connectivity index (χ1v) is 6.30. The molecule has 0 bridgehead atoms. The number of hydrogen-bond acceptors (Lipinski definition) is 3. The van der Waals surface area contributed by atoms with Gasteiger partial charge in [-0.1, -0.05) is 44.2 Å². The van der Waals surface area contributed by atoms with Crippen molar-refractivity contribution in [2.24, 2.45) is 5.84 Å². The third-order valence-electron chi connectivity index (χ3n) is 3.95. The Bertz CT molecular complexity index is 317. The first kappa shape index (κ1) is 14.2. The molecule has 0 amide bonds. The Morgan fingerprint density at radius 2 is 1.71 bits per heavy atom. The van der Waals surface area contributed by atoms with E-state index in [9.17, 15) is 0 Å². The predicted octanol–water partition coefficient (Wildman–Crippen LogP) is 2.31. The average Bonchev–Trinajstić information content (AvgIpc) is 2.36. The number of hydrazine groups is 1. The lowest BCUT2D eigenvalue weighted by atomic mass is 9.80. The van der Waals surface area contributed by atoms with Crippen molar-refractivity contribution in [2.45, 2.75) is 38.3 Å². The van der Waals surface area contributed by atoms with E-state index in [1.807, 2.05) is 6.07 Å². The van der Waals surface area contributed by atoms with Crippen LogP contribution in [0.1, 0.15) is 38.3 Å². The van der Waals surface area contributed by atoms with Crippen LogP contribution in [0.3, 0.4) is 0 Å². The molecule has 17 heavy (non-hydrogen) atoms. The van der Waals surface area contributed by atoms with Gasteiger partial charge in [-0.2, -0.15) is 0 Å². The molecular weight excluding hydrogens is 210 g/mol. The molecule has 0 fully saturated rings. The maximum absolute atomic E-state index is 5.80. The van der Waals surface area contributed by atoms with E-state index in [1.165, 1.54) is 5.56 Å². The minimum Gasteiger partial charge on any atom is -0.302 e. The molecule has 1 aromatic rings. The highest BCUT2D eigenvalue weighted by Crippen LogP contribution is 2.35. The van der Waals surface area contributed by atoms with Gasteiger partial charge < -0.3 is 4.90 Å². The third kappa shape index (κ3) is 2.68. The minimum absolute atomic E-state index is 0.0517. The topological polar surface area (TPSA) is 41.3 Å². The summed E-state index contributed by atoms with van der Waals surface area (Å²) in [4.78, 5) is 2.28. The summed E-state index contributed by atoms with van der Waals surface area (Å²) < 4.78 is 0. The summed E-state index contributed by atoms with van der Waals surface area (Å²) in [5, 5.41) is 0. The number of hydrogen-bond donors (Lipinski definition) is 2. The molecule has 0 saturated carbocycles. The fourth-order valence-corrected chi connectivity index (χ4v) is 2.76. The molecule has 1 aromatic carbocycles. The van der Waals surface area contributed by atoms with Gasteiger partial charge in [-0.25, -0.2) is 0 Å². The summed E-state index contributed by atoms with van der Waals surface area (Å²) in [6.45, 7) is 4.44. The van der Waals surface area contributed by atoms with Gasteiger partial charge in [0, 0.05) is 5.54 Å². The highest BCUT2D eigenvalue weighted by molar-refractivity contribution is 5.23. The number of nitrogens with one attached hydrogen (secondary N) is 1. The summed E-state index contributed by atoms with van der Waals surface area (Å²) in [6.07, 6.45) is 2.11. The smallest absolute Gasteiger partial charge is 0.0643 e. The van der Waals surface area contributed by atoms with E-state index in [-0.39, 0.29) is 11.6 Å². The molecule has 1 rings (SSSR count). The molecule has 1 atom stereocenters. The molecule has 0 aliphatic rings. The quantitative estimate of drug-likeness (QED) is 0.587. The van der Waals surface area contributed by atoms with E-state index >= 15 is 0 Å². The molecule has 0 saturated heterocycles. The predicted molar refractivity (Wildman–Crippen MR) is 73.5 cm³/mol. The summed E-state index contributed by atoms with van der Waals surface area (Å²) >= 11 is 0. The van der Waals surface area contributed by atoms with Crippen LogP contribution in [0.4, 0.5) is 0 Å². The normalized spacial score (nSPS) is 14.0. The zero-order valence-corrected chi connectivity index (χ0v) is 11.4. The van der Waals surface area contributed by atoms with Gasteiger partial charge in [0.05, 0.1) is 6.04 Å². The molecule has 0 aromatic heterocycles. The molecule has 1 unspecified atom stereocenters. The van der Waals surface area contributed by atoms with Gasteiger partial charge in [-0.15, -0.1) is 0 Å². The molecule has 3 nitrogen and oxygen atoms in total. The van der Waals surface area contributed by atoms with E-state index in [4.69, 9.17) is 5.84 Å². The minimum atomic E-state index is 0.0517. The van der Waals surface area contributed by atoms with Gasteiger partial charge in [0.2, 0.25) is 0 Å². The van der Waals surface area contributed by atoms with Crippen molar-refractivity contribution in [1.29, 1.82) is 0 Å². The van der Waals surface area contributed by atoms with Gasteiger partial charge in [0.25, 0.3) is 0 Å². The van der Waals surface area contributed by atoms with Gasteiger partial charge in [0.15, 0.2) is 0 Å². The molecular formula is C14H25N3. The lowest BCUT2D eigenvalue weighted by molar-refractivity contribution is 0.0882. The Labute approximate surface area is 105 Å². The van der Waals surface area contributed by atoms with Crippen molar-refractivity contribution in [3.8, 4) is 0 Å². The number of benzene rings is 1. The van der Waals surface area contributed by atoms with E-state index < -0.39 is 0 Å². The van der Waals surface area contributed by atoms with Crippen LogP contribution in [0.5, 0.6) is 0 Å². The first-order chi connectivity index (χ1) is 8.12. The summed E-state index contributed by atoms with van der Waals surface area (Å²) in [6, 6.07) is 10.6. The van der Waals surface area contributed by atoms with E-state index in [1.54, 1.807) is 0 Å². The standard InChI is InChI=1S/C14H25N3/c1-5-14(6-2,17(3)4)13(16-15)12-10-8-7-9-11-12/h7-11,13,16H,5-6,15H2,1-4H3. The largest absolute Gasteiger partial charge is 0.302 e. The van der Waals surface area contributed by atoms with E-state index in [0.29, 0.717) is 0 Å². The van der Waals surface area contributed by atoms with Crippen LogP contribution in [-0.4, -0.2) is 24.5 Å². The van der Waals surface area contributed by atoms with Crippen molar-refractivity contribution in [3.05, 3.63) is 35.9 Å². The van der Waals surface area contributed by atoms with Gasteiger partial charge in [0.1, 0.15) is 0 Å². The van der Waals surface area contributed by atoms with Crippen LogP contribution in [-0.2, 0) is 0 Å². The molecule has 3 heteroatoms. The van der Waals surface area contributed by atoms with Gasteiger partial charge in [-0.05, 0) is 32.5 Å².